The Morgan fingerprint density at radius 3 is 2.44 bits per heavy atom. The topological polar surface area (TPSA) is 94.8 Å². The summed E-state index contributed by atoms with van der Waals surface area (Å²) < 4.78 is 0. The number of carboxylic acid groups (broad SMARTS) is 1. The van der Waals surface area contributed by atoms with Crippen molar-refractivity contribution in [3.63, 3.8) is 0 Å². The fraction of sp³-hybridized carbons (Fsp3) is 0.333. The van der Waals surface area contributed by atoms with Gasteiger partial charge in [0.15, 0.2) is 11.9 Å². The Morgan fingerprint density at radius 1 is 1.39 bits per heavy atom. The summed E-state index contributed by atoms with van der Waals surface area (Å²) in [6.07, 6.45) is -1.80. The Balaban J connectivity index is 3.33. The van der Waals surface area contributed by atoms with E-state index in [1.165, 1.54) is 25.1 Å². The van der Waals surface area contributed by atoms with Crippen molar-refractivity contribution in [2.75, 3.05) is 0 Å². The van der Waals surface area contributed by atoms with Crippen molar-refractivity contribution in [1.29, 1.82) is 0 Å². The number of benzene rings is 1. The number of hydrogen-bond donors (Lipinski definition) is 3. The molecule has 18 heavy (non-hydrogen) atoms. The zero-order valence-electron chi connectivity index (χ0n) is 9.63. The van der Waals surface area contributed by atoms with Gasteiger partial charge in [-0.3, -0.25) is 4.79 Å². The monoisotopic (exact) mass is 272 g/mol. The number of hydrogen-bond acceptors (Lipinski definition) is 4. The van der Waals surface area contributed by atoms with E-state index in [2.05, 4.69) is 0 Å². The van der Waals surface area contributed by atoms with Crippen molar-refractivity contribution in [2.45, 2.75) is 25.0 Å². The molecule has 0 saturated heterocycles. The van der Waals surface area contributed by atoms with Gasteiger partial charge in [-0.25, -0.2) is 4.79 Å². The van der Waals surface area contributed by atoms with Gasteiger partial charge in [-0.2, -0.15) is 0 Å². The van der Waals surface area contributed by atoms with Crippen LogP contribution in [0, 0.1) is 0 Å². The lowest BCUT2D eigenvalue weighted by Crippen LogP contribution is -2.19. The van der Waals surface area contributed by atoms with Crippen LogP contribution in [0.4, 0.5) is 0 Å². The molecule has 2 atom stereocenters. The van der Waals surface area contributed by atoms with Gasteiger partial charge in [-0.15, -0.1) is 11.6 Å². The molecule has 0 aromatic heterocycles. The lowest BCUT2D eigenvalue weighted by molar-refractivity contribution is -0.146. The minimum absolute atomic E-state index is 0.0129. The number of ketones is 1. The van der Waals surface area contributed by atoms with Gasteiger partial charge in [0.25, 0.3) is 0 Å². The number of aliphatic hydroxyl groups is 2. The highest BCUT2D eigenvalue weighted by atomic mass is 35.5. The van der Waals surface area contributed by atoms with Gasteiger partial charge >= 0.3 is 5.97 Å². The van der Waals surface area contributed by atoms with Crippen LogP contribution in [0.3, 0.4) is 0 Å². The van der Waals surface area contributed by atoms with Crippen molar-refractivity contribution < 1.29 is 24.9 Å². The molecule has 0 aliphatic heterocycles. The molecule has 98 valence electrons. The standard InChI is InChI=1S/C12H13ClO5/c1-6(13)10(15)9-4-7(5-14)2-3-8(9)11(16)12(17)18/h2-4,6,11,14,16H,5H2,1H3,(H,17,18). The van der Waals surface area contributed by atoms with Crippen molar-refractivity contribution in [3.05, 3.63) is 34.9 Å². The van der Waals surface area contributed by atoms with Gasteiger partial charge in [0, 0.05) is 11.1 Å². The van der Waals surface area contributed by atoms with Gasteiger partial charge in [0.1, 0.15) is 0 Å². The Morgan fingerprint density at radius 2 is 2.00 bits per heavy atom. The first-order valence-corrected chi connectivity index (χ1v) is 5.65. The van der Waals surface area contributed by atoms with Crippen LogP contribution in [-0.4, -0.2) is 32.4 Å². The summed E-state index contributed by atoms with van der Waals surface area (Å²) in [5, 5.41) is 26.4. The first kappa shape index (κ1) is 14.6. The third-order valence-electron chi connectivity index (χ3n) is 2.46. The van der Waals surface area contributed by atoms with E-state index in [1.807, 2.05) is 0 Å². The summed E-state index contributed by atoms with van der Waals surface area (Å²) in [6.45, 7) is 1.16. The summed E-state index contributed by atoms with van der Waals surface area (Å²) in [5.41, 5.74) is 0.424. The molecule has 2 unspecified atom stereocenters. The van der Waals surface area contributed by atoms with Gasteiger partial charge in [-0.1, -0.05) is 12.1 Å². The number of halogens is 1. The first-order chi connectivity index (χ1) is 8.38. The number of aliphatic hydroxyl groups excluding tert-OH is 2. The minimum atomic E-state index is -1.80. The normalized spacial score (nSPS) is 14.0. The van der Waals surface area contributed by atoms with E-state index >= 15 is 0 Å². The molecule has 0 saturated carbocycles. The number of rotatable bonds is 5. The number of carbonyl (C=O) groups excluding carboxylic acids is 1. The van der Waals surface area contributed by atoms with Gasteiger partial charge in [-0.05, 0) is 18.6 Å². The largest absolute Gasteiger partial charge is 0.479 e. The Labute approximate surface area is 109 Å². The first-order valence-electron chi connectivity index (χ1n) is 5.21. The molecule has 6 heteroatoms. The number of aliphatic carboxylic acids is 1. The summed E-state index contributed by atoms with van der Waals surface area (Å²) in [4.78, 5) is 22.6. The van der Waals surface area contributed by atoms with Crippen LogP contribution in [0.2, 0.25) is 0 Å². The van der Waals surface area contributed by atoms with Crippen molar-refractivity contribution >= 4 is 23.4 Å². The predicted molar refractivity (Wildman–Crippen MR) is 64.6 cm³/mol. The molecule has 1 aromatic carbocycles. The minimum Gasteiger partial charge on any atom is -0.479 e. The van der Waals surface area contributed by atoms with Crippen molar-refractivity contribution in [3.8, 4) is 0 Å². The van der Waals surface area contributed by atoms with E-state index in [0.29, 0.717) is 5.56 Å². The molecule has 0 radical (unpaired) electrons. The zero-order valence-corrected chi connectivity index (χ0v) is 10.4. The Kier molecular flexibility index (Phi) is 4.84. The summed E-state index contributed by atoms with van der Waals surface area (Å²) in [6, 6.07) is 4.08. The quantitative estimate of drug-likeness (QED) is 0.551. The highest BCUT2D eigenvalue weighted by Gasteiger charge is 2.24. The highest BCUT2D eigenvalue weighted by molar-refractivity contribution is 6.33. The van der Waals surface area contributed by atoms with E-state index in [-0.39, 0.29) is 17.7 Å². The smallest absolute Gasteiger partial charge is 0.337 e. The molecule has 0 amide bonds. The number of carboxylic acids is 1. The molecule has 0 heterocycles. The Hall–Kier alpha value is -1.43. The maximum atomic E-state index is 11.8. The lowest BCUT2D eigenvalue weighted by atomic mass is 9.95. The molecule has 1 rings (SSSR count). The van der Waals surface area contributed by atoms with Gasteiger partial charge < -0.3 is 15.3 Å². The molecule has 0 spiro atoms. The molecule has 3 N–H and O–H groups in total. The van der Waals surface area contributed by atoms with E-state index in [0.717, 1.165) is 0 Å². The second-order valence-electron chi connectivity index (χ2n) is 3.80. The molecule has 0 aliphatic carbocycles. The van der Waals surface area contributed by atoms with Crippen LogP contribution in [0.5, 0.6) is 0 Å². The van der Waals surface area contributed by atoms with E-state index in [1.54, 1.807) is 0 Å². The average molecular weight is 273 g/mol. The molecule has 0 fully saturated rings. The van der Waals surface area contributed by atoms with E-state index in [9.17, 15) is 14.7 Å². The predicted octanol–water partition coefficient (Wildman–Crippen LogP) is 1.11. The van der Waals surface area contributed by atoms with Crippen LogP contribution in [0.15, 0.2) is 18.2 Å². The van der Waals surface area contributed by atoms with Crippen LogP contribution in [0.25, 0.3) is 0 Å². The maximum absolute atomic E-state index is 11.8. The Bertz CT molecular complexity index is 470. The molecular weight excluding hydrogens is 260 g/mol. The third-order valence-corrected chi connectivity index (χ3v) is 2.65. The molecular formula is C12H13ClO5. The third kappa shape index (κ3) is 3.07. The van der Waals surface area contributed by atoms with Gasteiger partial charge in [0.2, 0.25) is 0 Å². The lowest BCUT2D eigenvalue weighted by Gasteiger charge is -2.13. The number of carbonyl (C=O) groups is 2. The summed E-state index contributed by atoms with van der Waals surface area (Å²) in [5.74, 6) is -1.95. The SMILES string of the molecule is CC(Cl)C(=O)c1cc(CO)ccc1C(O)C(=O)O. The molecule has 0 bridgehead atoms. The molecule has 0 aliphatic rings. The van der Waals surface area contributed by atoms with Crippen LogP contribution in [0.1, 0.15) is 34.5 Å². The van der Waals surface area contributed by atoms with E-state index < -0.39 is 23.2 Å². The molecule has 5 nitrogen and oxygen atoms in total. The number of Topliss-reactive ketones (excluding diaryl/α,β-unsaturated/α-hetero) is 1. The summed E-state index contributed by atoms with van der Waals surface area (Å²) >= 11 is 5.67. The fourth-order valence-corrected chi connectivity index (χ4v) is 1.62. The zero-order chi connectivity index (χ0) is 13.9. The van der Waals surface area contributed by atoms with Crippen molar-refractivity contribution in [2.24, 2.45) is 0 Å². The highest BCUT2D eigenvalue weighted by Crippen LogP contribution is 2.23. The summed E-state index contributed by atoms with van der Waals surface area (Å²) in [7, 11) is 0. The second-order valence-corrected chi connectivity index (χ2v) is 4.46. The number of alkyl halides is 1. The van der Waals surface area contributed by atoms with Crippen molar-refractivity contribution in [1.82, 2.24) is 0 Å². The molecule has 1 aromatic rings. The van der Waals surface area contributed by atoms with Crippen LogP contribution < -0.4 is 0 Å². The van der Waals surface area contributed by atoms with E-state index in [4.69, 9.17) is 21.8 Å². The fourth-order valence-electron chi connectivity index (χ4n) is 1.50. The average Bonchev–Trinajstić information content (AvgIpc) is 2.35. The maximum Gasteiger partial charge on any atom is 0.337 e. The van der Waals surface area contributed by atoms with Gasteiger partial charge in [0.05, 0.1) is 12.0 Å². The second kappa shape index (κ2) is 5.95. The van der Waals surface area contributed by atoms with Crippen LogP contribution in [-0.2, 0) is 11.4 Å². The van der Waals surface area contributed by atoms with Crippen LogP contribution >= 0.6 is 11.6 Å².